The summed E-state index contributed by atoms with van der Waals surface area (Å²) in [7, 11) is 1.18. The Hall–Kier alpha value is -1.80. The van der Waals surface area contributed by atoms with E-state index in [1.165, 1.54) is 12.4 Å². The number of hydrogen-bond acceptors (Lipinski definition) is 3. The Kier molecular flexibility index (Phi) is 6.65. The van der Waals surface area contributed by atoms with E-state index in [2.05, 4.69) is 0 Å². The number of carboxylic acids is 1. The second-order valence-electron chi connectivity index (χ2n) is 5.13. The number of carboxylic acid groups (broad SMARTS) is 1. The minimum absolute atomic E-state index is 0.0265. The maximum atomic E-state index is 12.1. The van der Waals surface area contributed by atoms with Crippen LogP contribution in [0.4, 0.5) is 13.2 Å². The zero-order chi connectivity index (χ0) is 17.0. The van der Waals surface area contributed by atoms with Gasteiger partial charge in [-0.3, -0.25) is 9.59 Å². The van der Waals surface area contributed by atoms with Gasteiger partial charge in [0.2, 0.25) is 5.91 Å². The third-order valence-electron chi connectivity index (χ3n) is 2.77. The monoisotopic (exact) mass is 312 g/mol. The summed E-state index contributed by atoms with van der Waals surface area (Å²) in [6.45, 7) is 4.57. The van der Waals surface area contributed by atoms with Crippen molar-refractivity contribution in [3.63, 3.8) is 0 Å². The fraction of sp³-hybridized carbons (Fsp3) is 0.750. The third kappa shape index (κ3) is 6.01. The summed E-state index contributed by atoms with van der Waals surface area (Å²) in [6, 6.07) is -2.64. The van der Waals surface area contributed by atoms with Crippen molar-refractivity contribution in [3.05, 3.63) is 0 Å². The van der Waals surface area contributed by atoms with Gasteiger partial charge in [0.1, 0.15) is 12.1 Å². The number of carbonyl (C=O) groups excluding carboxylic acids is 2. The van der Waals surface area contributed by atoms with Crippen molar-refractivity contribution in [2.24, 2.45) is 5.92 Å². The third-order valence-corrected chi connectivity index (χ3v) is 2.77. The van der Waals surface area contributed by atoms with Crippen molar-refractivity contribution in [2.45, 2.75) is 45.5 Å². The number of hydrogen-bond donors (Lipinski definition) is 2. The predicted octanol–water partition coefficient (Wildman–Crippen LogP) is 1.01. The average molecular weight is 312 g/mol. The first-order chi connectivity index (χ1) is 9.37. The Morgan fingerprint density at radius 1 is 1.19 bits per heavy atom. The van der Waals surface area contributed by atoms with Gasteiger partial charge >= 0.3 is 18.1 Å². The van der Waals surface area contributed by atoms with Crippen molar-refractivity contribution in [1.82, 2.24) is 10.2 Å². The van der Waals surface area contributed by atoms with Crippen LogP contribution in [0.25, 0.3) is 0 Å². The van der Waals surface area contributed by atoms with Crippen LogP contribution in [0.2, 0.25) is 0 Å². The minimum atomic E-state index is -5.10. The van der Waals surface area contributed by atoms with Gasteiger partial charge in [0, 0.05) is 7.05 Å². The SMILES string of the molecule is CC(C)CC(C(=O)O)N(C)C(=O)C(C)NC(=O)C(F)(F)F. The predicted molar refractivity (Wildman–Crippen MR) is 67.3 cm³/mol. The van der Waals surface area contributed by atoms with Crippen LogP contribution in [-0.4, -0.2) is 53.1 Å². The summed E-state index contributed by atoms with van der Waals surface area (Å²) >= 11 is 0. The van der Waals surface area contributed by atoms with Crippen LogP contribution in [0.15, 0.2) is 0 Å². The summed E-state index contributed by atoms with van der Waals surface area (Å²) in [5, 5.41) is 10.6. The summed E-state index contributed by atoms with van der Waals surface area (Å²) in [4.78, 5) is 34.6. The van der Waals surface area contributed by atoms with E-state index in [-0.39, 0.29) is 12.3 Å². The summed E-state index contributed by atoms with van der Waals surface area (Å²) < 4.78 is 36.3. The van der Waals surface area contributed by atoms with Gasteiger partial charge in [0.25, 0.3) is 0 Å². The molecule has 0 aromatic heterocycles. The number of nitrogens with one attached hydrogen (secondary N) is 1. The Labute approximate surface area is 120 Å². The van der Waals surface area contributed by atoms with Crippen molar-refractivity contribution in [3.8, 4) is 0 Å². The lowest BCUT2D eigenvalue weighted by atomic mass is 10.0. The molecule has 2 N–H and O–H groups in total. The van der Waals surface area contributed by atoms with Gasteiger partial charge < -0.3 is 15.3 Å². The second kappa shape index (κ2) is 7.28. The standard InChI is InChI=1S/C12H19F3N2O4/c1-6(2)5-8(10(19)20)17(4)9(18)7(3)16-11(21)12(13,14)15/h6-8H,5H2,1-4H3,(H,16,21)(H,19,20). The molecule has 2 amide bonds. The Bertz CT molecular complexity index is 410. The summed E-state index contributed by atoms with van der Waals surface area (Å²) in [6.07, 6.45) is -4.95. The molecule has 0 bridgehead atoms. The van der Waals surface area contributed by atoms with E-state index >= 15 is 0 Å². The first kappa shape index (κ1) is 19.2. The molecule has 0 saturated heterocycles. The second-order valence-corrected chi connectivity index (χ2v) is 5.13. The molecule has 2 atom stereocenters. The summed E-state index contributed by atoms with van der Waals surface area (Å²) in [5.74, 6) is -4.43. The number of amides is 2. The highest BCUT2D eigenvalue weighted by Gasteiger charge is 2.41. The van der Waals surface area contributed by atoms with Crippen LogP contribution in [0.3, 0.4) is 0 Å². The molecule has 0 aromatic carbocycles. The highest BCUT2D eigenvalue weighted by Crippen LogP contribution is 2.15. The maximum Gasteiger partial charge on any atom is 0.471 e. The van der Waals surface area contributed by atoms with Crippen molar-refractivity contribution in [1.29, 1.82) is 0 Å². The molecule has 0 aliphatic carbocycles. The lowest BCUT2D eigenvalue weighted by molar-refractivity contribution is -0.175. The smallest absolute Gasteiger partial charge is 0.471 e. The molecule has 0 rings (SSSR count). The number of alkyl halides is 3. The van der Waals surface area contributed by atoms with Gasteiger partial charge in [-0.05, 0) is 19.3 Å². The molecule has 0 aromatic rings. The Morgan fingerprint density at radius 3 is 2.00 bits per heavy atom. The number of nitrogens with zero attached hydrogens (tertiary/aromatic N) is 1. The Balaban J connectivity index is 4.88. The molecule has 9 heteroatoms. The van der Waals surface area contributed by atoms with Crippen molar-refractivity contribution >= 4 is 17.8 Å². The topological polar surface area (TPSA) is 86.7 Å². The van der Waals surface area contributed by atoms with Crippen LogP contribution in [-0.2, 0) is 14.4 Å². The largest absolute Gasteiger partial charge is 0.480 e. The zero-order valence-electron chi connectivity index (χ0n) is 12.2. The zero-order valence-corrected chi connectivity index (χ0v) is 12.2. The molecular weight excluding hydrogens is 293 g/mol. The normalized spacial score (nSPS) is 14.5. The van der Waals surface area contributed by atoms with Gasteiger partial charge in [-0.2, -0.15) is 13.2 Å². The van der Waals surface area contributed by atoms with Crippen molar-refractivity contribution < 1.29 is 32.7 Å². The number of aliphatic carboxylic acids is 1. The molecule has 0 saturated carbocycles. The van der Waals surface area contributed by atoms with Crippen LogP contribution >= 0.6 is 0 Å². The molecule has 0 aliphatic rings. The first-order valence-electron chi connectivity index (χ1n) is 6.25. The molecule has 0 radical (unpaired) electrons. The molecule has 21 heavy (non-hydrogen) atoms. The van der Waals surface area contributed by atoms with Gasteiger partial charge in [-0.1, -0.05) is 13.8 Å². The lowest BCUT2D eigenvalue weighted by Crippen LogP contribution is -2.53. The molecule has 2 unspecified atom stereocenters. The number of rotatable bonds is 6. The maximum absolute atomic E-state index is 12.1. The van der Waals surface area contributed by atoms with Crippen LogP contribution < -0.4 is 5.32 Å². The molecule has 0 heterocycles. The minimum Gasteiger partial charge on any atom is -0.480 e. The van der Waals surface area contributed by atoms with Gasteiger partial charge in [0.05, 0.1) is 0 Å². The van der Waals surface area contributed by atoms with E-state index in [0.717, 1.165) is 11.8 Å². The average Bonchev–Trinajstić information content (AvgIpc) is 2.32. The fourth-order valence-electron chi connectivity index (χ4n) is 1.67. The molecule has 0 spiro atoms. The summed E-state index contributed by atoms with van der Waals surface area (Å²) in [5.41, 5.74) is 0. The molecule has 6 nitrogen and oxygen atoms in total. The van der Waals surface area contributed by atoms with Crippen LogP contribution in [0.5, 0.6) is 0 Å². The van der Waals surface area contributed by atoms with Crippen molar-refractivity contribution in [2.75, 3.05) is 7.05 Å². The van der Waals surface area contributed by atoms with E-state index in [0.29, 0.717) is 0 Å². The number of halogens is 3. The van der Waals surface area contributed by atoms with E-state index in [9.17, 15) is 27.6 Å². The lowest BCUT2D eigenvalue weighted by Gasteiger charge is -2.28. The highest BCUT2D eigenvalue weighted by atomic mass is 19.4. The first-order valence-corrected chi connectivity index (χ1v) is 6.25. The van der Waals surface area contributed by atoms with E-state index in [4.69, 9.17) is 5.11 Å². The Morgan fingerprint density at radius 2 is 1.67 bits per heavy atom. The van der Waals surface area contributed by atoms with Crippen LogP contribution in [0.1, 0.15) is 27.2 Å². The van der Waals surface area contributed by atoms with Gasteiger partial charge in [-0.25, -0.2) is 4.79 Å². The van der Waals surface area contributed by atoms with E-state index in [1.54, 1.807) is 13.8 Å². The van der Waals surface area contributed by atoms with E-state index in [1.807, 2.05) is 0 Å². The van der Waals surface area contributed by atoms with Gasteiger partial charge in [-0.15, -0.1) is 0 Å². The van der Waals surface area contributed by atoms with E-state index < -0.39 is 36.0 Å². The molecule has 122 valence electrons. The van der Waals surface area contributed by atoms with Crippen LogP contribution in [0, 0.1) is 5.92 Å². The highest BCUT2D eigenvalue weighted by molar-refractivity contribution is 5.91. The quantitative estimate of drug-likeness (QED) is 0.766. The fourth-order valence-corrected chi connectivity index (χ4v) is 1.67. The van der Waals surface area contributed by atoms with Gasteiger partial charge in [0.15, 0.2) is 0 Å². The molecule has 0 aliphatic heterocycles. The number of carbonyl (C=O) groups is 3. The molecular formula is C12H19F3N2O4. The molecule has 0 fully saturated rings. The number of likely N-dealkylation sites (N-methyl/N-ethyl adjacent to an activating group) is 1.